The van der Waals surface area contributed by atoms with E-state index in [1.165, 1.54) is 6.20 Å². The van der Waals surface area contributed by atoms with Crippen molar-refractivity contribution in [2.24, 2.45) is 0 Å². The first-order valence-corrected chi connectivity index (χ1v) is 5.23. The number of nitrogens with zero attached hydrogens (tertiary/aromatic N) is 1. The van der Waals surface area contributed by atoms with Crippen LogP contribution in [-0.2, 0) is 0 Å². The average Bonchev–Trinajstić information content (AvgIpc) is 2.50. The monoisotopic (exact) mass is 274 g/mol. The molecule has 0 aliphatic rings. The Kier molecular flexibility index (Phi) is 3.66. The van der Waals surface area contributed by atoms with Gasteiger partial charge in [-0.15, -0.1) is 0 Å². The molecule has 13 heavy (non-hydrogen) atoms. The van der Waals surface area contributed by atoms with Gasteiger partial charge in [-0.3, -0.25) is 0 Å². The van der Waals surface area contributed by atoms with Gasteiger partial charge in [-0.1, -0.05) is 27.7 Å². The van der Waals surface area contributed by atoms with Gasteiger partial charge in [-0.2, -0.15) is 13.2 Å². The molecule has 0 bridgehead atoms. The molecule has 0 aliphatic heterocycles. The number of aromatic nitrogens is 2. The van der Waals surface area contributed by atoms with Crippen LogP contribution in [0.15, 0.2) is 17.6 Å². The van der Waals surface area contributed by atoms with Crippen LogP contribution in [0.1, 0.15) is 0 Å². The third kappa shape index (κ3) is 3.60. The third-order valence-electron chi connectivity index (χ3n) is 1.19. The summed E-state index contributed by atoms with van der Waals surface area (Å²) in [6, 6.07) is 0. The Morgan fingerprint density at radius 2 is 2.31 bits per heavy atom. The number of alkyl halides is 4. The number of hydrogen-bond donors (Lipinski definition) is 1. The van der Waals surface area contributed by atoms with E-state index < -0.39 is 11.0 Å². The van der Waals surface area contributed by atoms with Crippen LogP contribution in [0.5, 0.6) is 0 Å². The van der Waals surface area contributed by atoms with Gasteiger partial charge in [0.2, 0.25) is 0 Å². The Balaban J connectivity index is 2.35. The quantitative estimate of drug-likeness (QED) is 0.678. The number of nitrogens with one attached hydrogen (secondary N) is 1. The molecule has 1 rings (SSSR count). The standard InChI is InChI=1S/C6H6BrF3N2S/c7-4(6(8,9)10)3-13-5-11-1-2-12-5/h1-2,4H,3H2,(H,11,12). The molecule has 0 fully saturated rings. The highest BCUT2D eigenvalue weighted by molar-refractivity contribution is 9.09. The summed E-state index contributed by atoms with van der Waals surface area (Å²) in [6.45, 7) is 0. The summed E-state index contributed by atoms with van der Waals surface area (Å²) in [5, 5.41) is 0.494. The van der Waals surface area contributed by atoms with E-state index in [9.17, 15) is 13.2 Å². The van der Waals surface area contributed by atoms with E-state index in [2.05, 4.69) is 25.9 Å². The van der Waals surface area contributed by atoms with Crippen molar-refractivity contribution in [2.45, 2.75) is 16.2 Å². The topological polar surface area (TPSA) is 28.7 Å². The molecule has 7 heteroatoms. The molecule has 0 aliphatic carbocycles. The fourth-order valence-electron chi connectivity index (χ4n) is 0.576. The Morgan fingerprint density at radius 3 is 2.77 bits per heavy atom. The molecule has 1 unspecified atom stereocenters. The van der Waals surface area contributed by atoms with Crippen LogP contribution in [0.4, 0.5) is 13.2 Å². The van der Waals surface area contributed by atoms with Gasteiger partial charge in [-0.05, 0) is 0 Å². The fourth-order valence-corrected chi connectivity index (χ4v) is 1.75. The Hall–Kier alpha value is -0.170. The van der Waals surface area contributed by atoms with Gasteiger partial charge in [0.1, 0.15) is 4.83 Å². The highest BCUT2D eigenvalue weighted by atomic mass is 79.9. The summed E-state index contributed by atoms with van der Waals surface area (Å²) in [5.41, 5.74) is 0. The largest absolute Gasteiger partial charge is 0.402 e. The van der Waals surface area contributed by atoms with Crippen molar-refractivity contribution in [3.05, 3.63) is 12.4 Å². The highest BCUT2D eigenvalue weighted by Crippen LogP contribution is 2.30. The summed E-state index contributed by atoms with van der Waals surface area (Å²) in [4.78, 5) is 5.01. The normalized spacial score (nSPS) is 14.5. The summed E-state index contributed by atoms with van der Waals surface area (Å²) in [7, 11) is 0. The fraction of sp³-hybridized carbons (Fsp3) is 0.500. The first-order chi connectivity index (χ1) is 6.00. The zero-order valence-electron chi connectivity index (χ0n) is 6.31. The number of H-pyrrole nitrogens is 1. The SMILES string of the molecule is FC(F)(F)C(Br)CSc1ncc[nH]1. The molecule has 74 valence electrons. The molecule has 1 aromatic rings. The molecular weight excluding hydrogens is 269 g/mol. The van der Waals surface area contributed by atoms with Gasteiger partial charge >= 0.3 is 6.18 Å². The number of thioether (sulfide) groups is 1. The number of halogens is 4. The number of rotatable bonds is 3. The minimum Gasteiger partial charge on any atom is -0.340 e. The van der Waals surface area contributed by atoms with E-state index in [1.807, 2.05) is 0 Å². The number of imidazole rings is 1. The van der Waals surface area contributed by atoms with Gasteiger partial charge in [0, 0.05) is 18.1 Å². The summed E-state index contributed by atoms with van der Waals surface area (Å²) in [5.74, 6) is -0.0863. The van der Waals surface area contributed by atoms with Crippen LogP contribution in [0, 0.1) is 0 Å². The lowest BCUT2D eigenvalue weighted by Gasteiger charge is -2.11. The van der Waals surface area contributed by atoms with E-state index in [0.29, 0.717) is 5.16 Å². The number of hydrogen-bond acceptors (Lipinski definition) is 2. The molecule has 1 N–H and O–H groups in total. The zero-order chi connectivity index (χ0) is 9.90. The van der Waals surface area contributed by atoms with Crippen molar-refractivity contribution in [3.63, 3.8) is 0 Å². The molecule has 0 amide bonds. The second kappa shape index (κ2) is 4.36. The van der Waals surface area contributed by atoms with Crippen molar-refractivity contribution in [2.75, 3.05) is 5.75 Å². The van der Waals surface area contributed by atoms with Crippen molar-refractivity contribution < 1.29 is 13.2 Å². The molecule has 0 spiro atoms. The molecule has 2 nitrogen and oxygen atoms in total. The van der Waals surface area contributed by atoms with Gasteiger partial charge in [-0.25, -0.2) is 4.98 Å². The minimum atomic E-state index is -4.19. The van der Waals surface area contributed by atoms with Gasteiger partial charge in [0.25, 0.3) is 0 Å². The van der Waals surface area contributed by atoms with E-state index in [1.54, 1.807) is 6.20 Å². The Bertz CT molecular complexity index is 249. The first-order valence-electron chi connectivity index (χ1n) is 3.33. The molecule has 0 radical (unpaired) electrons. The van der Waals surface area contributed by atoms with Crippen molar-refractivity contribution in [1.82, 2.24) is 9.97 Å². The molecular formula is C6H6BrF3N2S. The maximum atomic E-state index is 12.0. The molecule has 1 atom stereocenters. The van der Waals surface area contributed by atoms with Gasteiger partial charge < -0.3 is 4.98 Å². The minimum absolute atomic E-state index is 0.0863. The molecule has 1 heterocycles. The summed E-state index contributed by atoms with van der Waals surface area (Å²) >= 11 is 3.59. The van der Waals surface area contributed by atoms with Crippen LogP contribution in [0.3, 0.4) is 0 Å². The average molecular weight is 275 g/mol. The molecule has 1 aromatic heterocycles. The summed E-state index contributed by atoms with van der Waals surface area (Å²) in [6.07, 6.45) is -1.13. The second-order valence-electron chi connectivity index (χ2n) is 2.21. The highest BCUT2D eigenvalue weighted by Gasteiger charge is 2.37. The van der Waals surface area contributed by atoms with Crippen LogP contribution in [0.2, 0.25) is 0 Å². The van der Waals surface area contributed by atoms with Crippen molar-refractivity contribution in [3.8, 4) is 0 Å². The Labute approximate surface area is 85.4 Å². The molecule has 0 saturated heterocycles. The summed E-state index contributed by atoms with van der Waals surface area (Å²) < 4.78 is 36.0. The van der Waals surface area contributed by atoms with E-state index in [0.717, 1.165) is 11.8 Å². The Morgan fingerprint density at radius 1 is 1.62 bits per heavy atom. The van der Waals surface area contributed by atoms with Crippen LogP contribution >= 0.6 is 27.7 Å². The van der Waals surface area contributed by atoms with E-state index >= 15 is 0 Å². The van der Waals surface area contributed by atoms with E-state index in [4.69, 9.17) is 0 Å². The lowest BCUT2D eigenvalue weighted by atomic mass is 10.5. The lowest BCUT2D eigenvalue weighted by Crippen LogP contribution is -2.24. The second-order valence-corrected chi connectivity index (χ2v) is 4.33. The molecule has 0 saturated carbocycles. The maximum Gasteiger partial charge on any atom is 0.402 e. The van der Waals surface area contributed by atoms with Crippen molar-refractivity contribution in [1.29, 1.82) is 0 Å². The maximum absolute atomic E-state index is 12.0. The third-order valence-corrected chi connectivity index (χ3v) is 3.46. The van der Waals surface area contributed by atoms with Gasteiger partial charge in [0.15, 0.2) is 5.16 Å². The predicted octanol–water partition coefficient (Wildman–Crippen LogP) is 2.83. The zero-order valence-corrected chi connectivity index (χ0v) is 8.71. The van der Waals surface area contributed by atoms with Crippen molar-refractivity contribution >= 4 is 27.7 Å². The first kappa shape index (κ1) is 10.9. The smallest absolute Gasteiger partial charge is 0.340 e. The number of aromatic amines is 1. The van der Waals surface area contributed by atoms with E-state index in [-0.39, 0.29) is 5.75 Å². The van der Waals surface area contributed by atoms with Gasteiger partial charge in [0.05, 0.1) is 0 Å². The lowest BCUT2D eigenvalue weighted by molar-refractivity contribution is -0.122. The van der Waals surface area contributed by atoms with Crippen LogP contribution < -0.4 is 0 Å². The van der Waals surface area contributed by atoms with Crippen LogP contribution in [0.25, 0.3) is 0 Å². The molecule has 0 aromatic carbocycles. The van der Waals surface area contributed by atoms with Crippen LogP contribution in [-0.4, -0.2) is 26.7 Å². The predicted molar refractivity (Wildman–Crippen MR) is 48.1 cm³/mol.